The fourth-order valence-corrected chi connectivity index (χ4v) is 3.35. The van der Waals surface area contributed by atoms with Crippen LogP contribution in [-0.4, -0.2) is 18.4 Å². The summed E-state index contributed by atoms with van der Waals surface area (Å²) in [5.74, 6) is -0.200. The monoisotopic (exact) mass is 418 g/mol. The maximum atomic E-state index is 13.4. The number of para-hydroxylation sites is 1. The van der Waals surface area contributed by atoms with Crippen molar-refractivity contribution in [2.45, 2.75) is 13.8 Å². The standard InChI is InChI=1S/C25H19FO5/c1-3-29-20-10-5-4-7-16(20)13-22-24(27)23-15(2)11-19(14-21(23)31-22)30-25(28)17-8-6-9-18(26)12-17/h4-14H,3H2,1-2H3/b22-13-. The van der Waals surface area contributed by atoms with Gasteiger partial charge in [-0.3, -0.25) is 4.79 Å². The van der Waals surface area contributed by atoms with Gasteiger partial charge in [0, 0.05) is 11.6 Å². The third-order valence-electron chi connectivity index (χ3n) is 4.72. The van der Waals surface area contributed by atoms with Crippen LogP contribution < -0.4 is 14.2 Å². The van der Waals surface area contributed by atoms with E-state index in [9.17, 15) is 14.0 Å². The Labute approximate surface area is 178 Å². The van der Waals surface area contributed by atoms with Crippen molar-refractivity contribution in [3.8, 4) is 17.2 Å². The third kappa shape index (κ3) is 4.19. The summed E-state index contributed by atoms with van der Waals surface area (Å²) in [6.45, 7) is 4.11. The number of allylic oxidation sites excluding steroid dienone is 1. The molecule has 5 nitrogen and oxygen atoms in total. The number of benzene rings is 3. The lowest BCUT2D eigenvalue weighted by Crippen LogP contribution is -2.09. The number of Topliss-reactive ketones (excluding diaryl/α,β-unsaturated/α-hetero) is 1. The van der Waals surface area contributed by atoms with Crippen molar-refractivity contribution in [1.29, 1.82) is 0 Å². The molecule has 0 spiro atoms. The summed E-state index contributed by atoms with van der Waals surface area (Å²) in [7, 11) is 0. The number of halogens is 1. The van der Waals surface area contributed by atoms with Crippen LogP contribution in [0.5, 0.6) is 17.2 Å². The average molecular weight is 418 g/mol. The largest absolute Gasteiger partial charge is 0.493 e. The predicted molar refractivity (Wildman–Crippen MR) is 113 cm³/mol. The zero-order valence-corrected chi connectivity index (χ0v) is 17.0. The topological polar surface area (TPSA) is 61.8 Å². The van der Waals surface area contributed by atoms with E-state index in [0.717, 1.165) is 11.6 Å². The summed E-state index contributed by atoms with van der Waals surface area (Å²) in [5, 5.41) is 0. The van der Waals surface area contributed by atoms with E-state index >= 15 is 0 Å². The zero-order chi connectivity index (χ0) is 22.0. The molecule has 156 valence electrons. The Morgan fingerprint density at radius 2 is 1.90 bits per heavy atom. The molecule has 0 bridgehead atoms. The molecule has 0 fully saturated rings. The van der Waals surface area contributed by atoms with Gasteiger partial charge in [0.1, 0.15) is 23.1 Å². The van der Waals surface area contributed by atoms with E-state index in [1.807, 2.05) is 31.2 Å². The quantitative estimate of drug-likeness (QED) is 0.317. The van der Waals surface area contributed by atoms with Gasteiger partial charge in [0.05, 0.1) is 17.7 Å². The van der Waals surface area contributed by atoms with E-state index in [-0.39, 0.29) is 22.9 Å². The summed E-state index contributed by atoms with van der Waals surface area (Å²) in [6.07, 6.45) is 1.63. The number of fused-ring (bicyclic) bond motifs is 1. The molecule has 0 amide bonds. The van der Waals surface area contributed by atoms with E-state index in [1.54, 1.807) is 19.1 Å². The molecule has 0 aromatic heterocycles. The van der Waals surface area contributed by atoms with Gasteiger partial charge in [-0.1, -0.05) is 24.3 Å². The minimum atomic E-state index is -0.704. The van der Waals surface area contributed by atoms with Gasteiger partial charge in [-0.05, 0) is 55.8 Å². The number of aryl methyl sites for hydroxylation is 1. The molecule has 0 aliphatic carbocycles. The van der Waals surface area contributed by atoms with E-state index in [4.69, 9.17) is 14.2 Å². The number of ketones is 1. The summed E-state index contributed by atoms with van der Waals surface area (Å²) in [5.41, 5.74) is 1.82. The Kier molecular flexibility index (Phi) is 5.54. The summed E-state index contributed by atoms with van der Waals surface area (Å²) in [6, 6.07) is 15.6. The zero-order valence-electron chi connectivity index (χ0n) is 17.0. The molecule has 1 heterocycles. The van der Waals surface area contributed by atoms with E-state index in [1.165, 1.54) is 24.3 Å². The Morgan fingerprint density at radius 3 is 2.68 bits per heavy atom. The first kappa shape index (κ1) is 20.3. The Hall–Kier alpha value is -3.93. The van der Waals surface area contributed by atoms with Crippen LogP contribution in [-0.2, 0) is 0 Å². The van der Waals surface area contributed by atoms with Gasteiger partial charge in [-0.2, -0.15) is 0 Å². The van der Waals surface area contributed by atoms with Gasteiger partial charge in [0.25, 0.3) is 0 Å². The number of hydrogen-bond donors (Lipinski definition) is 0. The van der Waals surface area contributed by atoms with Crippen molar-refractivity contribution in [3.63, 3.8) is 0 Å². The smallest absolute Gasteiger partial charge is 0.343 e. The van der Waals surface area contributed by atoms with Crippen LogP contribution in [0.25, 0.3) is 6.08 Å². The first-order valence-electron chi connectivity index (χ1n) is 9.74. The molecular formula is C25H19FO5. The van der Waals surface area contributed by atoms with Crippen molar-refractivity contribution in [3.05, 3.63) is 94.5 Å². The summed E-state index contributed by atoms with van der Waals surface area (Å²) >= 11 is 0. The Morgan fingerprint density at radius 1 is 1.10 bits per heavy atom. The molecule has 6 heteroatoms. The maximum absolute atomic E-state index is 13.4. The molecule has 0 atom stereocenters. The van der Waals surface area contributed by atoms with Gasteiger partial charge in [0.2, 0.25) is 5.78 Å². The van der Waals surface area contributed by atoms with Gasteiger partial charge in [0.15, 0.2) is 5.76 Å². The normalized spacial score (nSPS) is 13.6. The number of rotatable bonds is 5. The van der Waals surface area contributed by atoms with E-state index in [0.29, 0.717) is 29.2 Å². The molecular weight excluding hydrogens is 399 g/mol. The van der Waals surface area contributed by atoms with Gasteiger partial charge in [-0.25, -0.2) is 9.18 Å². The molecule has 0 unspecified atom stereocenters. The van der Waals surface area contributed by atoms with Gasteiger partial charge in [-0.15, -0.1) is 0 Å². The highest BCUT2D eigenvalue weighted by Crippen LogP contribution is 2.38. The van der Waals surface area contributed by atoms with Crippen LogP contribution in [0.15, 0.2) is 66.4 Å². The summed E-state index contributed by atoms with van der Waals surface area (Å²) in [4.78, 5) is 25.2. The molecule has 31 heavy (non-hydrogen) atoms. The lowest BCUT2D eigenvalue weighted by atomic mass is 10.0. The molecule has 0 N–H and O–H groups in total. The highest BCUT2D eigenvalue weighted by molar-refractivity contribution is 6.15. The number of carbonyl (C=O) groups excluding carboxylic acids is 2. The first-order chi connectivity index (χ1) is 15.0. The SMILES string of the molecule is CCOc1ccccc1/C=C1\Oc2cc(OC(=O)c3cccc(F)c3)cc(C)c2C1=O. The summed E-state index contributed by atoms with van der Waals surface area (Å²) < 4.78 is 30.1. The minimum Gasteiger partial charge on any atom is -0.493 e. The van der Waals surface area contributed by atoms with Crippen molar-refractivity contribution >= 4 is 17.8 Å². The molecule has 0 saturated heterocycles. The van der Waals surface area contributed by atoms with Crippen molar-refractivity contribution in [2.75, 3.05) is 6.61 Å². The fourth-order valence-electron chi connectivity index (χ4n) is 3.35. The van der Waals surface area contributed by atoms with Crippen LogP contribution >= 0.6 is 0 Å². The molecule has 4 rings (SSSR count). The van der Waals surface area contributed by atoms with Crippen molar-refractivity contribution < 1.29 is 28.2 Å². The molecule has 1 aliphatic heterocycles. The van der Waals surface area contributed by atoms with E-state index < -0.39 is 11.8 Å². The Bertz CT molecular complexity index is 1210. The van der Waals surface area contributed by atoms with Crippen LogP contribution in [0.4, 0.5) is 4.39 Å². The highest BCUT2D eigenvalue weighted by Gasteiger charge is 2.30. The fraction of sp³-hybridized carbons (Fsp3) is 0.120. The number of esters is 1. The van der Waals surface area contributed by atoms with Crippen LogP contribution in [0.1, 0.15) is 38.8 Å². The lowest BCUT2D eigenvalue weighted by Gasteiger charge is -2.08. The predicted octanol–water partition coefficient (Wildman–Crippen LogP) is 5.37. The Balaban J connectivity index is 1.62. The average Bonchev–Trinajstić information content (AvgIpc) is 3.05. The lowest BCUT2D eigenvalue weighted by molar-refractivity contribution is 0.0734. The van der Waals surface area contributed by atoms with E-state index in [2.05, 4.69) is 0 Å². The molecule has 0 saturated carbocycles. The van der Waals surface area contributed by atoms with Crippen molar-refractivity contribution in [1.82, 2.24) is 0 Å². The number of carbonyl (C=O) groups is 2. The van der Waals surface area contributed by atoms with Crippen LogP contribution in [0.3, 0.4) is 0 Å². The second-order valence-electron chi connectivity index (χ2n) is 6.92. The third-order valence-corrected chi connectivity index (χ3v) is 4.72. The first-order valence-corrected chi connectivity index (χ1v) is 9.74. The number of ether oxygens (including phenoxy) is 3. The second kappa shape index (κ2) is 8.44. The van der Waals surface area contributed by atoms with Crippen molar-refractivity contribution in [2.24, 2.45) is 0 Å². The molecule has 3 aromatic rings. The van der Waals surface area contributed by atoms with Gasteiger partial charge >= 0.3 is 5.97 Å². The second-order valence-corrected chi connectivity index (χ2v) is 6.92. The van der Waals surface area contributed by atoms with Crippen LogP contribution in [0, 0.1) is 12.7 Å². The molecule has 1 aliphatic rings. The number of hydrogen-bond acceptors (Lipinski definition) is 5. The molecule has 0 radical (unpaired) electrons. The highest BCUT2D eigenvalue weighted by atomic mass is 19.1. The molecule has 3 aromatic carbocycles. The maximum Gasteiger partial charge on any atom is 0.343 e. The van der Waals surface area contributed by atoms with Gasteiger partial charge < -0.3 is 14.2 Å². The minimum absolute atomic E-state index is 0.0864. The van der Waals surface area contributed by atoms with Crippen LogP contribution in [0.2, 0.25) is 0 Å².